The van der Waals surface area contributed by atoms with E-state index in [1.165, 1.54) is 13.2 Å². The third-order valence-corrected chi connectivity index (χ3v) is 2.21. The summed E-state index contributed by atoms with van der Waals surface area (Å²) in [6.45, 7) is 0. The van der Waals surface area contributed by atoms with Crippen molar-refractivity contribution in [1.29, 1.82) is 0 Å². The highest BCUT2D eigenvalue weighted by molar-refractivity contribution is 14.1. The van der Waals surface area contributed by atoms with Crippen molar-refractivity contribution >= 4 is 28.3 Å². The summed E-state index contributed by atoms with van der Waals surface area (Å²) in [5.41, 5.74) is 5.88. The van der Waals surface area contributed by atoms with Crippen molar-refractivity contribution in [2.24, 2.45) is 0 Å². The highest BCUT2D eigenvalue weighted by atomic mass is 127. The summed E-state index contributed by atoms with van der Waals surface area (Å²) in [6.07, 6.45) is 0. The standard InChI is InChI=1S/C7H7FINO/c1-11-7-3-5(9)6(10)2-4(7)8/h2-3H,10H2,1H3. The maximum absolute atomic E-state index is 12.8. The quantitative estimate of drug-likeness (QED) is 0.624. The van der Waals surface area contributed by atoms with E-state index in [9.17, 15) is 4.39 Å². The molecule has 1 aromatic rings. The van der Waals surface area contributed by atoms with Crippen molar-refractivity contribution in [3.05, 3.63) is 21.5 Å². The molecule has 0 amide bonds. The molecule has 1 aromatic carbocycles. The minimum absolute atomic E-state index is 0.226. The molecule has 0 radical (unpaired) electrons. The molecule has 0 saturated heterocycles. The number of benzene rings is 1. The molecule has 0 aliphatic heterocycles. The van der Waals surface area contributed by atoms with Crippen molar-refractivity contribution in [3.8, 4) is 5.75 Å². The van der Waals surface area contributed by atoms with Gasteiger partial charge >= 0.3 is 0 Å². The molecule has 0 fully saturated rings. The van der Waals surface area contributed by atoms with Crippen molar-refractivity contribution < 1.29 is 9.13 Å². The van der Waals surface area contributed by atoms with Crippen molar-refractivity contribution in [1.82, 2.24) is 0 Å². The average molecular weight is 267 g/mol. The normalized spacial score (nSPS) is 9.73. The summed E-state index contributed by atoms with van der Waals surface area (Å²) in [5, 5.41) is 0. The van der Waals surface area contributed by atoms with Gasteiger partial charge in [0.05, 0.1) is 7.11 Å². The monoisotopic (exact) mass is 267 g/mol. The maximum Gasteiger partial charge on any atom is 0.167 e. The Bertz CT molecular complexity index is 277. The molecule has 0 spiro atoms. The Balaban J connectivity index is 3.21. The van der Waals surface area contributed by atoms with E-state index in [2.05, 4.69) is 0 Å². The van der Waals surface area contributed by atoms with Crippen molar-refractivity contribution in [2.45, 2.75) is 0 Å². The molecule has 0 aliphatic rings. The van der Waals surface area contributed by atoms with E-state index in [1.807, 2.05) is 22.6 Å². The SMILES string of the molecule is COc1cc(I)c(N)cc1F. The van der Waals surface area contributed by atoms with Gasteiger partial charge in [-0.2, -0.15) is 0 Å². The topological polar surface area (TPSA) is 35.2 Å². The van der Waals surface area contributed by atoms with Crippen LogP contribution in [0, 0.1) is 9.39 Å². The van der Waals surface area contributed by atoms with Crippen LogP contribution in [-0.4, -0.2) is 7.11 Å². The Hall–Kier alpha value is -0.520. The number of hydrogen-bond acceptors (Lipinski definition) is 2. The number of hydrogen-bond donors (Lipinski definition) is 1. The molecule has 2 N–H and O–H groups in total. The number of anilines is 1. The fourth-order valence-electron chi connectivity index (χ4n) is 0.700. The fourth-order valence-corrected chi connectivity index (χ4v) is 1.14. The number of halogens is 2. The Morgan fingerprint density at radius 1 is 1.55 bits per heavy atom. The van der Waals surface area contributed by atoms with E-state index in [0.29, 0.717) is 5.69 Å². The highest BCUT2D eigenvalue weighted by Gasteiger charge is 2.05. The van der Waals surface area contributed by atoms with Crippen LogP contribution in [0.3, 0.4) is 0 Å². The average Bonchev–Trinajstić information content (AvgIpc) is 1.97. The highest BCUT2D eigenvalue weighted by Crippen LogP contribution is 2.24. The van der Waals surface area contributed by atoms with E-state index in [0.717, 1.165) is 3.57 Å². The van der Waals surface area contributed by atoms with E-state index >= 15 is 0 Å². The number of nitrogen functional groups attached to an aromatic ring is 1. The van der Waals surface area contributed by atoms with Gasteiger partial charge in [-0.3, -0.25) is 0 Å². The van der Waals surface area contributed by atoms with Crippen LogP contribution in [-0.2, 0) is 0 Å². The summed E-state index contributed by atoms with van der Waals surface area (Å²) in [4.78, 5) is 0. The van der Waals surface area contributed by atoms with Gasteiger partial charge in [-0.15, -0.1) is 0 Å². The Morgan fingerprint density at radius 2 is 2.18 bits per heavy atom. The minimum Gasteiger partial charge on any atom is -0.494 e. The molecule has 60 valence electrons. The first-order valence-electron chi connectivity index (χ1n) is 2.93. The van der Waals surface area contributed by atoms with Gasteiger partial charge in [0.1, 0.15) is 0 Å². The summed E-state index contributed by atoms with van der Waals surface area (Å²) >= 11 is 2.02. The predicted octanol–water partition coefficient (Wildman–Crippen LogP) is 2.02. The van der Waals surface area contributed by atoms with Crippen LogP contribution in [0.4, 0.5) is 10.1 Å². The second-order valence-corrected chi connectivity index (χ2v) is 3.17. The first kappa shape index (κ1) is 8.58. The predicted molar refractivity (Wildman–Crippen MR) is 50.1 cm³/mol. The lowest BCUT2D eigenvalue weighted by molar-refractivity contribution is 0.386. The number of rotatable bonds is 1. The molecular weight excluding hydrogens is 260 g/mol. The van der Waals surface area contributed by atoms with E-state index in [1.54, 1.807) is 6.07 Å². The largest absolute Gasteiger partial charge is 0.494 e. The lowest BCUT2D eigenvalue weighted by atomic mass is 10.3. The van der Waals surface area contributed by atoms with Gasteiger partial charge in [0.2, 0.25) is 0 Å². The summed E-state index contributed by atoms with van der Waals surface area (Å²) in [5.74, 6) is -0.200. The summed E-state index contributed by atoms with van der Waals surface area (Å²) in [6, 6.07) is 2.81. The molecule has 0 heterocycles. The molecule has 1 rings (SSSR count). The molecular formula is C7H7FINO. The molecule has 0 aliphatic carbocycles. The number of ether oxygens (including phenoxy) is 1. The van der Waals surface area contributed by atoms with Crippen LogP contribution in [0.25, 0.3) is 0 Å². The van der Waals surface area contributed by atoms with E-state index in [-0.39, 0.29) is 5.75 Å². The lowest BCUT2D eigenvalue weighted by Crippen LogP contribution is -1.94. The molecule has 0 unspecified atom stereocenters. The lowest BCUT2D eigenvalue weighted by Gasteiger charge is -2.03. The van der Waals surface area contributed by atoms with Crippen LogP contribution in [0.1, 0.15) is 0 Å². The van der Waals surface area contributed by atoms with Gasteiger partial charge in [0.25, 0.3) is 0 Å². The number of nitrogens with two attached hydrogens (primary N) is 1. The van der Waals surface area contributed by atoms with Gasteiger partial charge in [0, 0.05) is 15.3 Å². The van der Waals surface area contributed by atoms with Crippen LogP contribution in [0.15, 0.2) is 12.1 Å². The summed E-state index contributed by atoms with van der Waals surface area (Å²) < 4.78 is 18.4. The van der Waals surface area contributed by atoms with Gasteiger partial charge in [-0.05, 0) is 28.7 Å². The molecule has 0 atom stereocenters. The van der Waals surface area contributed by atoms with Gasteiger partial charge in [-0.1, -0.05) is 0 Å². The fraction of sp³-hybridized carbons (Fsp3) is 0.143. The molecule has 0 bridgehead atoms. The molecule has 0 aromatic heterocycles. The zero-order chi connectivity index (χ0) is 8.43. The molecule has 11 heavy (non-hydrogen) atoms. The summed E-state index contributed by atoms with van der Waals surface area (Å²) in [7, 11) is 1.42. The van der Waals surface area contributed by atoms with Gasteiger partial charge < -0.3 is 10.5 Å². The second kappa shape index (κ2) is 3.25. The van der Waals surface area contributed by atoms with Crippen molar-refractivity contribution in [3.63, 3.8) is 0 Å². The number of methoxy groups -OCH3 is 1. The second-order valence-electron chi connectivity index (χ2n) is 2.01. The zero-order valence-corrected chi connectivity index (χ0v) is 8.05. The molecule has 0 saturated carbocycles. The van der Waals surface area contributed by atoms with Crippen LogP contribution in [0.2, 0.25) is 0 Å². The van der Waals surface area contributed by atoms with E-state index in [4.69, 9.17) is 10.5 Å². The Morgan fingerprint density at radius 3 is 2.73 bits per heavy atom. The third kappa shape index (κ3) is 1.74. The van der Waals surface area contributed by atoms with E-state index < -0.39 is 5.82 Å². The Kier molecular flexibility index (Phi) is 2.53. The Labute approximate surface area is 77.7 Å². The van der Waals surface area contributed by atoms with Gasteiger partial charge in [0.15, 0.2) is 11.6 Å². The first-order chi connectivity index (χ1) is 5.15. The van der Waals surface area contributed by atoms with Crippen molar-refractivity contribution in [2.75, 3.05) is 12.8 Å². The smallest absolute Gasteiger partial charge is 0.167 e. The third-order valence-electron chi connectivity index (χ3n) is 1.27. The van der Waals surface area contributed by atoms with Crippen LogP contribution < -0.4 is 10.5 Å². The first-order valence-corrected chi connectivity index (χ1v) is 4.01. The zero-order valence-electron chi connectivity index (χ0n) is 5.90. The molecule has 2 nitrogen and oxygen atoms in total. The van der Waals surface area contributed by atoms with Crippen LogP contribution >= 0.6 is 22.6 Å². The molecule has 4 heteroatoms. The minimum atomic E-state index is -0.426. The van der Waals surface area contributed by atoms with Gasteiger partial charge in [-0.25, -0.2) is 4.39 Å². The van der Waals surface area contributed by atoms with Crippen LogP contribution in [0.5, 0.6) is 5.75 Å². The maximum atomic E-state index is 12.8.